The quantitative estimate of drug-likeness (QED) is 0.284. The molecule has 0 fully saturated rings. The largest absolute Gasteiger partial charge is 0.448 e. The van der Waals surface area contributed by atoms with Gasteiger partial charge in [0.15, 0.2) is 6.10 Å². The normalized spacial score (nSPS) is 12.1. The molecule has 0 spiro atoms. The van der Waals surface area contributed by atoms with Crippen molar-refractivity contribution in [2.45, 2.75) is 60.1 Å². The maximum atomic E-state index is 13.0. The van der Waals surface area contributed by atoms with E-state index in [1.165, 1.54) is 17.9 Å². The van der Waals surface area contributed by atoms with Crippen LogP contribution >= 0.6 is 0 Å². The van der Waals surface area contributed by atoms with Gasteiger partial charge in [-0.3, -0.25) is 4.79 Å². The molecule has 1 atom stereocenters. The van der Waals surface area contributed by atoms with Gasteiger partial charge in [-0.25, -0.2) is 4.79 Å². The van der Waals surface area contributed by atoms with E-state index in [4.69, 9.17) is 10.00 Å². The van der Waals surface area contributed by atoms with Gasteiger partial charge < -0.3 is 14.2 Å². The Morgan fingerprint density at radius 3 is 2.41 bits per heavy atom. The Hall–Kier alpha value is -3.84. The maximum absolute atomic E-state index is 13.0. The number of carbonyl (C=O) groups is 2. The van der Waals surface area contributed by atoms with Gasteiger partial charge in [0.25, 0.3) is 5.91 Å². The first-order chi connectivity index (χ1) is 16.2. The number of rotatable bonds is 10. The molecule has 1 unspecified atom stereocenters. The van der Waals surface area contributed by atoms with Gasteiger partial charge in [-0.05, 0) is 62.9 Å². The lowest BCUT2D eigenvalue weighted by Gasteiger charge is -2.25. The summed E-state index contributed by atoms with van der Waals surface area (Å²) in [6, 6.07) is 14.8. The van der Waals surface area contributed by atoms with Gasteiger partial charge in [0, 0.05) is 30.2 Å². The van der Waals surface area contributed by atoms with Gasteiger partial charge in [-0.15, -0.1) is 0 Å². The van der Waals surface area contributed by atoms with E-state index >= 15 is 0 Å². The fourth-order valence-electron chi connectivity index (χ4n) is 3.63. The third kappa shape index (κ3) is 6.83. The summed E-state index contributed by atoms with van der Waals surface area (Å²) in [5.74, 6) is -0.755. The molecular formula is C27H32N4O3. The van der Waals surface area contributed by atoms with Crippen molar-refractivity contribution in [2.75, 3.05) is 11.4 Å². The molecule has 7 nitrogen and oxygen atoms in total. The minimum absolute atomic E-state index is 0.136. The highest BCUT2D eigenvalue weighted by atomic mass is 16.5. The van der Waals surface area contributed by atoms with E-state index < -0.39 is 18.0 Å². The van der Waals surface area contributed by atoms with Crippen LogP contribution in [0.3, 0.4) is 0 Å². The minimum atomic E-state index is -1.12. The Morgan fingerprint density at radius 2 is 1.82 bits per heavy atom. The first-order valence-corrected chi connectivity index (χ1v) is 11.4. The van der Waals surface area contributed by atoms with Crippen LogP contribution in [0.5, 0.6) is 0 Å². The monoisotopic (exact) mass is 460 g/mol. The maximum Gasteiger partial charge on any atom is 0.349 e. The van der Waals surface area contributed by atoms with E-state index in [1.54, 1.807) is 24.3 Å². The fraction of sp³-hybridized carbons (Fsp3) is 0.407. The Kier molecular flexibility index (Phi) is 9.64. The number of amides is 1. The number of hydrogen-bond donors (Lipinski definition) is 0. The van der Waals surface area contributed by atoms with E-state index in [-0.39, 0.29) is 18.5 Å². The molecule has 2 rings (SSSR count). The minimum Gasteiger partial charge on any atom is -0.448 e. The van der Waals surface area contributed by atoms with E-state index in [0.717, 1.165) is 29.9 Å². The number of nitrogens with zero attached hydrogens (tertiary/aromatic N) is 4. The van der Waals surface area contributed by atoms with Gasteiger partial charge in [0.2, 0.25) is 0 Å². The van der Waals surface area contributed by atoms with Crippen LogP contribution in [0.1, 0.15) is 50.6 Å². The summed E-state index contributed by atoms with van der Waals surface area (Å²) >= 11 is 0. The summed E-state index contributed by atoms with van der Waals surface area (Å²) in [5, 5.41) is 18.6. The van der Waals surface area contributed by atoms with Crippen molar-refractivity contribution >= 4 is 23.6 Å². The summed E-state index contributed by atoms with van der Waals surface area (Å²) in [6.45, 7) is 10.8. The third-order valence-corrected chi connectivity index (χ3v) is 5.60. The standard InChI is InChI=1S/C27H32N4O3/c1-19(2)12-15-30-20(3)16-23(21(30)4)17-24(18-29)27(33)34-22(5)26(32)31(14-9-13-28)25-10-7-6-8-11-25/h6-8,10-11,16-17,19,22H,9,12,14-15H2,1-5H3/b24-17+. The van der Waals surface area contributed by atoms with E-state index in [1.807, 2.05) is 38.1 Å². The highest BCUT2D eigenvalue weighted by molar-refractivity contribution is 6.02. The smallest absolute Gasteiger partial charge is 0.349 e. The second-order valence-electron chi connectivity index (χ2n) is 8.61. The highest BCUT2D eigenvalue weighted by Crippen LogP contribution is 2.21. The SMILES string of the molecule is Cc1cc(/C=C(\C#N)C(=O)OC(C)C(=O)N(CCC#N)c2ccccc2)c(C)n1CCC(C)C. The lowest BCUT2D eigenvalue weighted by Crippen LogP contribution is -2.40. The molecule has 1 aromatic heterocycles. The molecule has 34 heavy (non-hydrogen) atoms. The van der Waals surface area contributed by atoms with Crippen LogP contribution in [0.4, 0.5) is 5.69 Å². The van der Waals surface area contributed by atoms with Gasteiger partial charge in [0.05, 0.1) is 12.5 Å². The Morgan fingerprint density at radius 1 is 1.15 bits per heavy atom. The van der Waals surface area contributed by atoms with Gasteiger partial charge >= 0.3 is 5.97 Å². The predicted molar refractivity (Wildman–Crippen MR) is 132 cm³/mol. The first kappa shape index (κ1) is 26.4. The van der Waals surface area contributed by atoms with Crippen molar-refractivity contribution in [3.63, 3.8) is 0 Å². The number of anilines is 1. The molecule has 1 heterocycles. The number of esters is 1. The van der Waals surface area contributed by atoms with Crippen LogP contribution in [0.2, 0.25) is 0 Å². The molecule has 0 aliphatic carbocycles. The van der Waals surface area contributed by atoms with Crippen molar-refractivity contribution in [2.24, 2.45) is 5.92 Å². The van der Waals surface area contributed by atoms with Gasteiger partial charge in [-0.1, -0.05) is 32.0 Å². The van der Waals surface area contributed by atoms with E-state index in [9.17, 15) is 14.9 Å². The molecule has 1 aromatic carbocycles. The molecular weight excluding hydrogens is 428 g/mol. The lowest BCUT2D eigenvalue weighted by atomic mass is 10.1. The van der Waals surface area contributed by atoms with Crippen molar-refractivity contribution in [3.8, 4) is 12.1 Å². The van der Waals surface area contributed by atoms with Crippen LogP contribution in [-0.2, 0) is 20.9 Å². The number of nitriles is 2. The number of hydrogen-bond acceptors (Lipinski definition) is 5. The Labute approximate surface area is 201 Å². The zero-order valence-electron chi connectivity index (χ0n) is 20.5. The molecule has 0 radical (unpaired) electrons. The number of aromatic nitrogens is 1. The van der Waals surface area contributed by atoms with Gasteiger partial charge in [-0.2, -0.15) is 10.5 Å². The number of carbonyl (C=O) groups excluding carboxylic acids is 2. The van der Waals surface area contributed by atoms with Crippen molar-refractivity contribution < 1.29 is 14.3 Å². The van der Waals surface area contributed by atoms with Crippen LogP contribution in [-0.4, -0.2) is 29.1 Å². The van der Waals surface area contributed by atoms with Crippen LogP contribution in [0.15, 0.2) is 42.0 Å². The lowest BCUT2D eigenvalue weighted by molar-refractivity contribution is -0.149. The topological polar surface area (TPSA) is 99.1 Å². The highest BCUT2D eigenvalue weighted by Gasteiger charge is 2.26. The fourth-order valence-corrected chi connectivity index (χ4v) is 3.63. The number of ether oxygens (including phenoxy) is 1. The summed E-state index contributed by atoms with van der Waals surface area (Å²) in [7, 11) is 0. The third-order valence-electron chi connectivity index (χ3n) is 5.60. The molecule has 0 N–H and O–H groups in total. The molecule has 7 heteroatoms. The summed E-state index contributed by atoms with van der Waals surface area (Å²) in [6.07, 6.45) is 1.55. The molecule has 1 amide bonds. The van der Waals surface area contributed by atoms with Crippen molar-refractivity contribution in [1.29, 1.82) is 10.5 Å². The molecule has 0 bridgehead atoms. The molecule has 0 saturated carbocycles. The van der Waals surface area contributed by atoms with Crippen LogP contribution in [0, 0.1) is 42.4 Å². The zero-order valence-corrected chi connectivity index (χ0v) is 20.5. The predicted octanol–water partition coefficient (Wildman–Crippen LogP) is 4.94. The molecule has 2 aromatic rings. The second-order valence-corrected chi connectivity index (χ2v) is 8.61. The number of benzene rings is 1. The number of para-hydroxylation sites is 1. The number of aryl methyl sites for hydroxylation is 1. The molecule has 178 valence electrons. The average molecular weight is 461 g/mol. The summed E-state index contributed by atoms with van der Waals surface area (Å²) < 4.78 is 7.54. The molecule has 0 aliphatic rings. The van der Waals surface area contributed by atoms with E-state index in [0.29, 0.717) is 11.6 Å². The van der Waals surface area contributed by atoms with Gasteiger partial charge in [0.1, 0.15) is 11.6 Å². The summed E-state index contributed by atoms with van der Waals surface area (Å²) in [5.41, 5.74) is 3.22. The Bertz CT molecular complexity index is 1120. The summed E-state index contributed by atoms with van der Waals surface area (Å²) in [4.78, 5) is 27.2. The average Bonchev–Trinajstić information content (AvgIpc) is 3.08. The molecule has 0 aliphatic heterocycles. The van der Waals surface area contributed by atoms with E-state index in [2.05, 4.69) is 18.4 Å². The van der Waals surface area contributed by atoms with Crippen molar-refractivity contribution in [3.05, 3.63) is 58.9 Å². The second kappa shape index (κ2) is 12.4. The first-order valence-electron chi connectivity index (χ1n) is 11.4. The zero-order chi connectivity index (χ0) is 25.3. The van der Waals surface area contributed by atoms with Crippen LogP contribution in [0.25, 0.3) is 6.08 Å². The van der Waals surface area contributed by atoms with Crippen LogP contribution < -0.4 is 4.90 Å². The molecule has 0 saturated heterocycles. The van der Waals surface area contributed by atoms with Crippen molar-refractivity contribution in [1.82, 2.24) is 4.57 Å². The Balaban J connectivity index is 2.20.